The van der Waals surface area contributed by atoms with E-state index < -0.39 is 0 Å². The molecule has 0 saturated carbocycles. The number of nitrogens with zero attached hydrogens (tertiary/aromatic N) is 3. The van der Waals surface area contributed by atoms with Crippen LogP contribution in [0.3, 0.4) is 0 Å². The fourth-order valence-electron chi connectivity index (χ4n) is 8.51. The van der Waals surface area contributed by atoms with Crippen LogP contribution in [0.1, 0.15) is 34.0 Å². The molecule has 270 valence electrons. The Bertz CT molecular complexity index is 3060. The van der Waals surface area contributed by atoms with Crippen LogP contribution in [0.5, 0.6) is 0 Å². The Balaban J connectivity index is 0.994. The highest BCUT2D eigenvalue weighted by atomic mass is 15.1. The average molecular weight is 732 g/mol. The molecule has 1 aromatic heterocycles. The highest BCUT2D eigenvalue weighted by Crippen LogP contribution is 2.41. The molecule has 2 N–H and O–H groups in total. The molecule has 0 radical (unpaired) electrons. The normalized spacial score (nSPS) is 14.8. The van der Waals surface area contributed by atoms with Crippen molar-refractivity contribution in [2.24, 2.45) is 4.99 Å². The number of rotatable bonds is 6. The quantitative estimate of drug-likeness (QED) is 0.179. The Morgan fingerprint density at radius 3 is 1.95 bits per heavy atom. The highest BCUT2D eigenvalue weighted by molar-refractivity contribution is 6.14. The zero-order chi connectivity index (χ0) is 37.7. The van der Waals surface area contributed by atoms with Crippen LogP contribution in [0.15, 0.2) is 193 Å². The molecule has 0 amide bonds. The van der Waals surface area contributed by atoms with Crippen LogP contribution in [0.2, 0.25) is 0 Å². The molecule has 0 spiro atoms. The Hall–Kier alpha value is -7.50. The van der Waals surface area contributed by atoms with Crippen molar-refractivity contribution in [3.63, 3.8) is 0 Å². The van der Waals surface area contributed by atoms with E-state index in [-0.39, 0.29) is 6.17 Å². The first kappa shape index (κ1) is 32.9. The van der Waals surface area contributed by atoms with Crippen LogP contribution in [-0.2, 0) is 6.54 Å². The first-order valence-electron chi connectivity index (χ1n) is 19.5. The predicted octanol–water partition coefficient (Wildman–Crippen LogP) is 11.9. The van der Waals surface area contributed by atoms with Gasteiger partial charge in [-0.1, -0.05) is 170 Å². The summed E-state index contributed by atoms with van der Waals surface area (Å²) in [7, 11) is 0. The molecule has 1 unspecified atom stereocenters. The molecular formula is C52H37N5. The summed E-state index contributed by atoms with van der Waals surface area (Å²) < 4.78 is 2.39. The standard InChI is InChI=1S/C52H37N5/c1-3-13-37(14-4-1)46-32-47(55-51(54-46)39-15-5-2-6-16-39)38-26-22-34(23-27-38)35-24-28-40(29-25-35)52-56-49-45-33-53-31-30-43(45)42-19-9-10-20-44(42)50(49)57(52)48-21-11-17-36-12-7-8-18-41(36)48/h1-32,51,53,55H,33H2. The van der Waals surface area contributed by atoms with Crippen LogP contribution < -0.4 is 10.6 Å². The van der Waals surface area contributed by atoms with Gasteiger partial charge in [-0.25, -0.2) is 4.98 Å². The lowest BCUT2D eigenvalue weighted by molar-refractivity contribution is 0.664. The molecule has 0 bridgehead atoms. The number of nitrogens with one attached hydrogen (secondary N) is 2. The summed E-state index contributed by atoms with van der Waals surface area (Å²) in [6.07, 6.45) is 6.22. The number of imidazole rings is 1. The lowest BCUT2D eigenvalue weighted by atomic mass is 9.95. The second-order valence-electron chi connectivity index (χ2n) is 14.7. The minimum Gasteiger partial charge on any atom is -0.387 e. The van der Waals surface area contributed by atoms with Crippen LogP contribution in [0, 0.1) is 0 Å². The molecule has 1 atom stereocenters. The SMILES string of the molecule is C1=Cc2c(c3nc(-c4ccc(-c5ccc(C6=CC(c7ccccc7)=NC(c7ccccc7)N6)cc5)cc4)n(-c4cccc5ccccc45)c3c3ccccc23)CN1. The zero-order valence-corrected chi connectivity index (χ0v) is 31.1. The van der Waals surface area contributed by atoms with Gasteiger partial charge in [-0.05, 0) is 68.6 Å². The molecule has 8 aromatic carbocycles. The van der Waals surface area contributed by atoms with Gasteiger partial charge in [0.2, 0.25) is 0 Å². The molecule has 11 rings (SSSR count). The van der Waals surface area contributed by atoms with Gasteiger partial charge in [0, 0.05) is 34.1 Å². The third-order valence-corrected chi connectivity index (χ3v) is 11.3. The van der Waals surface area contributed by atoms with Crippen molar-refractivity contribution in [2.45, 2.75) is 12.7 Å². The highest BCUT2D eigenvalue weighted by Gasteiger charge is 2.24. The van der Waals surface area contributed by atoms with Crippen molar-refractivity contribution in [1.29, 1.82) is 0 Å². The largest absolute Gasteiger partial charge is 0.387 e. The van der Waals surface area contributed by atoms with Crippen molar-refractivity contribution in [3.05, 3.63) is 216 Å². The van der Waals surface area contributed by atoms with E-state index in [2.05, 4.69) is 197 Å². The molecule has 0 saturated heterocycles. The zero-order valence-electron chi connectivity index (χ0n) is 31.1. The fourth-order valence-corrected chi connectivity index (χ4v) is 8.51. The molecule has 5 heteroatoms. The van der Waals surface area contributed by atoms with E-state index in [0.29, 0.717) is 0 Å². The van der Waals surface area contributed by atoms with Gasteiger partial charge < -0.3 is 10.6 Å². The third kappa shape index (κ3) is 5.71. The summed E-state index contributed by atoms with van der Waals surface area (Å²) >= 11 is 0. The number of hydrogen-bond acceptors (Lipinski definition) is 4. The Morgan fingerprint density at radius 2 is 1.18 bits per heavy atom. The molecule has 2 aliphatic rings. The monoisotopic (exact) mass is 731 g/mol. The van der Waals surface area contributed by atoms with Crippen molar-refractivity contribution in [1.82, 2.24) is 20.2 Å². The van der Waals surface area contributed by atoms with Gasteiger partial charge in [0.25, 0.3) is 0 Å². The summed E-state index contributed by atoms with van der Waals surface area (Å²) in [5.41, 5.74) is 14.5. The van der Waals surface area contributed by atoms with Crippen molar-refractivity contribution < 1.29 is 0 Å². The lowest BCUT2D eigenvalue weighted by Crippen LogP contribution is -2.24. The lowest BCUT2D eigenvalue weighted by Gasteiger charge is -2.25. The summed E-state index contributed by atoms with van der Waals surface area (Å²) in [6, 6.07) is 62.5. The topological polar surface area (TPSA) is 54.2 Å². The molecule has 5 nitrogen and oxygen atoms in total. The molecule has 2 aliphatic heterocycles. The second kappa shape index (κ2) is 13.7. The minimum atomic E-state index is -0.178. The van der Waals surface area contributed by atoms with E-state index in [1.807, 2.05) is 12.1 Å². The van der Waals surface area contributed by atoms with Crippen LogP contribution in [0.4, 0.5) is 0 Å². The number of fused-ring (bicyclic) bond motifs is 7. The summed E-state index contributed by atoms with van der Waals surface area (Å²) in [4.78, 5) is 10.6. The van der Waals surface area contributed by atoms with Crippen LogP contribution >= 0.6 is 0 Å². The van der Waals surface area contributed by atoms with E-state index in [9.17, 15) is 0 Å². The van der Waals surface area contributed by atoms with Gasteiger partial charge in [-0.2, -0.15) is 0 Å². The van der Waals surface area contributed by atoms with Gasteiger partial charge in [-0.3, -0.25) is 9.56 Å². The van der Waals surface area contributed by atoms with Crippen LogP contribution in [-0.4, -0.2) is 15.3 Å². The molecule has 57 heavy (non-hydrogen) atoms. The summed E-state index contributed by atoms with van der Waals surface area (Å²) in [5, 5.41) is 12.0. The molecule has 3 heterocycles. The molecule has 9 aromatic rings. The van der Waals surface area contributed by atoms with Gasteiger partial charge in [0.15, 0.2) is 0 Å². The molecule has 0 aliphatic carbocycles. The van der Waals surface area contributed by atoms with Crippen molar-refractivity contribution in [3.8, 4) is 28.2 Å². The van der Waals surface area contributed by atoms with Crippen molar-refractivity contribution in [2.75, 3.05) is 0 Å². The second-order valence-corrected chi connectivity index (χ2v) is 14.7. The minimum absolute atomic E-state index is 0.178. The van der Waals surface area contributed by atoms with E-state index in [0.717, 1.165) is 73.9 Å². The summed E-state index contributed by atoms with van der Waals surface area (Å²) in [6.45, 7) is 0.730. The fraction of sp³-hybridized carbons (Fsp3) is 0.0385. The van der Waals surface area contributed by atoms with Gasteiger partial charge in [0.1, 0.15) is 12.0 Å². The van der Waals surface area contributed by atoms with E-state index in [4.69, 9.17) is 9.98 Å². The smallest absolute Gasteiger partial charge is 0.145 e. The van der Waals surface area contributed by atoms with Gasteiger partial charge in [-0.15, -0.1) is 0 Å². The summed E-state index contributed by atoms with van der Waals surface area (Å²) in [5.74, 6) is 0.926. The third-order valence-electron chi connectivity index (χ3n) is 11.3. The predicted molar refractivity (Wildman–Crippen MR) is 236 cm³/mol. The average Bonchev–Trinajstić information content (AvgIpc) is 3.70. The van der Waals surface area contributed by atoms with E-state index >= 15 is 0 Å². The maximum atomic E-state index is 5.52. The Morgan fingerprint density at radius 1 is 0.544 bits per heavy atom. The van der Waals surface area contributed by atoms with Gasteiger partial charge >= 0.3 is 0 Å². The molecule has 0 fully saturated rings. The number of benzene rings is 8. The van der Waals surface area contributed by atoms with E-state index in [1.54, 1.807) is 0 Å². The number of hydrogen-bond donors (Lipinski definition) is 2. The number of allylic oxidation sites excluding steroid dienone is 1. The van der Waals surface area contributed by atoms with E-state index in [1.165, 1.54) is 32.7 Å². The van der Waals surface area contributed by atoms with Crippen LogP contribution in [0.25, 0.3) is 72.6 Å². The number of aliphatic imine (C=N–C) groups is 1. The Labute approximate surface area is 331 Å². The maximum absolute atomic E-state index is 5.52. The first-order valence-corrected chi connectivity index (χ1v) is 19.5. The maximum Gasteiger partial charge on any atom is 0.145 e. The van der Waals surface area contributed by atoms with Gasteiger partial charge in [0.05, 0.1) is 22.4 Å². The Kier molecular flexibility index (Phi) is 7.88. The first-order chi connectivity index (χ1) is 28.3. The molecular weight excluding hydrogens is 695 g/mol. The number of aromatic nitrogens is 2. The van der Waals surface area contributed by atoms with Crippen molar-refractivity contribution >= 4 is 50.1 Å².